The van der Waals surface area contributed by atoms with E-state index in [-0.39, 0.29) is 24.3 Å². The van der Waals surface area contributed by atoms with Crippen LogP contribution in [0.5, 0.6) is 0 Å². The van der Waals surface area contributed by atoms with Crippen LogP contribution in [-0.2, 0) is 6.54 Å². The van der Waals surface area contributed by atoms with Crippen molar-refractivity contribution in [2.75, 3.05) is 0 Å². The summed E-state index contributed by atoms with van der Waals surface area (Å²) in [7, 11) is 0. The monoisotopic (exact) mass is 354 g/mol. The number of carbonyl (C=O) groups is 1. The first-order valence-corrected chi connectivity index (χ1v) is 8.61. The first kappa shape index (κ1) is 16.0. The summed E-state index contributed by atoms with van der Waals surface area (Å²) in [6.07, 6.45) is 1.86. The average molecular weight is 355 g/mol. The van der Waals surface area contributed by atoms with Gasteiger partial charge in [-0.3, -0.25) is 4.79 Å². The maximum absolute atomic E-state index is 14.0. The zero-order valence-electron chi connectivity index (χ0n) is 13.5. The number of hydrogen-bond donors (Lipinski definition) is 0. The molecule has 0 unspecified atom stereocenters. The van der Waals surface area contributed by atoms with Crippen molar-refractivity contribution in [2.45, 2.75) is 25.4 Å². The zero-order chi connectivity index (χ0) is 17.4. The van der Waals surface area contributed by atoms with E-state index in [9.17, 15) is 9.18 Å². The van der Waals surface area contributed by atoms with Crippen LogP contribution in [0.25, 0.3) is 10.8 Å². The summed E-state index contributed by atoms with van der Waals surface area (Å²) in [5, 5.41) is 1.99. The van der Waals surface area contributed by atoms with Gasteiger partial charge in [0.05, 0.1) is 0 Å². The lowest BCUT2D eigenvalue weighted by Crippen LogP contribution is -2.33. The third kappa shape index (κ3) is 3.22. The molecule has 1 fully saturated rings. The number of carbonyl (C=O) groups excluding carboxylic acids is 1. The predicted octanol–water partition coefficient (Wildman–Crippen LogP) is 4.83. The Kier molecular flexibility index (Phi) is 4.14. The maximum Gasteiger partial charge on any atom is 0.273 e. The fourth-order valence-corrected chi connectivity index (χ4v) is 3.24. The second-order valence-electron chi connectivity index (χ2n) is 6.28. The van der Waals surface area contributed by atoms with E-state index < -0.39 is 0 Å². The smallest absolute Gasteiger partial charge is 0.273 e. The van der Waals surface area contributed by atoms with Gasteiger partial charge in [-0.2, -0.15) is 0 Å². The SMILES string of the molecule is O=C(c1cc2ccccc2c(Cl)n1)N(Cc1ccccc1F)C1CC1. The molecule has 3 aromatic rings. The molecule has 2 aromatic carbocycles. The minimum absolute atomic E-state index is 0.138. The van der Waals surface area contributed by atoms with E-state index in [0.717, 1.165) is 23.6 Å². The Balaban J connectivity index is 1.69. The van der Waals surface area contributed by atoms with E-state index in [0.29, 0.717) is 16.4 Å². The van der Waals surface area contributed by atoms with E-state index in [2.05, 4.69) is 4.98 Å². The molecule has 0 N–H and O–H groups in total. The van der Waals surface area contributed by atoms with Gasteiger partial charge in [0.2, 0.25) is 0 Å². The van der Waals surface area contributed by atoms with Gasteiger partial charge in [0.15, 0.2) is 0 Å². The second kappa shape index (κ2) is 6.45. The molecule has 0 saturated heterocycles. The molecule has 5 heteroatoms. The number of nitrogens with zero attached hydrogens (tertiary/aromatic N) is 2. The number of hydrogen-bond acceptors (Lipinski definition) is 2. The fourth-order valence-electron chi connectivity index (χ4n) is 2.98. The van der Waals surface area contributed by atoms with Gasteiger partial charge in [0, 0.05) is 23.5 Å². The Morgan fingerprint density at radius 1 is 1.16 bits per heavy atom. The zero-order valence-corrected chi connectivity index (χ0v) is 14.2. The van der Waals surface area contributed by atoms with Crippen molar-refractivity contribution >= 4 is 28.3 Å². The topological polar surface area (TPSA) is 33.2 Å². The van der Waals surface area contributed by atoms with Crippen molar-refractivity contribution in [1.82, 2.24) is 9.88 Å². The number of amides is 1. The van der Waals surface area contributed by atoms with Gasteiger partial charge in [-0.15, -0.1) is 0 Å². The molecule has 1 heterocycles. The van der Waals surface area contributed by atoms with Crippen LogP contribution in [0.1, 0.15) is 28.9 Å². The fraction of sp³-hybridized carbons (Fsp3) is 0.200. The predicted molar refractivity (Wildman–Crippen MR) is 96.0 cm³/mol. The molecule has 0 radical (unpaired) electrons. The highest BCUT2D eigenvalue weighted by Gasteiger charge is 2.34. The maximum atomic E-state index is 14.0. The molecule has 0 bridgehead atoms. The minimum atomic E-state index is -0.301. The Hall–Kier alpha value is -2.46. The van der Waals surface area contributed by atoms with Crippen LogP contribution in [0.4, 0.5) is 4.39 Å². The van der Waals surface area contributed by atoms with Crippen LogP contribution < -0.4 is 0 Å². The summed E-state index contributed by atoms with van der Waals surface area (Å²) in [5.41, 5.74) is 0.807. The Labute approximate surface area is 150 Å². The van der Waals surface area contributed by atoms with E-state index >= 15 is 0 Å². The number of pyridine rings is 1. The van der Waals surface area contributed by atoms with Gasteiger partial charge in [-0.1, -0.05) is 54.1 Å². The number of benzene rings is 2. The lowest BCUT2D eigenvalue weighted by molar-refractivity contribution is 0.0722. The molecule has 0 aliphatic heterocycles. The van der Waals surface area contributed by atoms with Crippen LogP contribution in [-0.4, -0.2) is 21.8 Å². The van der Waals surface area contributed by atoms with Crippen molar-refractivity contribution in [1.29, 1.82) is 0 Å². The quantitative estimate of drug-likeness (QED) is 0.628. The summed E-state index contributed by atoms with van der Waals surface area (Å²) in [6.45, 7) is 0.238. The summed E-state index contributed by atoms with van der Waals surface area (Å²) < 4.78 is 14.0. The molecule has 1 aliphatic rings. The van der Waals surface area contributed by atoms with Gasteiger partial charge in [-0.05, 0) is 30.4 Å². The minimum Gasteiger partial charge on any atom is -0.330 e. The lowest BCUT2D eigenvalue weighted by atomic mass is 10.1. The Morgan fingerprint density at radius 3 is 2.64 bits per heavy atom. The number of aromatic nitrogens is 1. The first-order valence-electron chi connectivity index (χ1n) is 8.23. The average Bonchev–Trinajstić information content (AvgIpc) is 3.45. The van der Waals surface area contributed by atoms with Crippen LogP contribution in [0.15, 0.2) is 54.6 Å². The Bertz CT molecular complexity index is 955. The molecule has 1 amide bonds. The van der Waals surface area contributed by atoms with Crippen LogP contribution >= 0.6 is 11.6 Å². The lowest BCUT2D eigenvalue weighted by Gasteiger charge is -2.22. The van der Waals surface area contributed by atoms with E-state index in [1.165, 1.54) is 6.07 Å². The van der Waals surface area contributed by atoms with Crippen molar-refractivity contribution in [2.24, 2.45) is 0 Å². The molecule has 4 rings (SSSR count). The molecule has 126 valence electrons. The van der Waals surface area contributed by atoms with Gasteiger partial charge < -0.3 is 4.90 Å². The van der Waals surface area contributed by atoms with E-state index in [1.54, 1.807) is 29.2 Å². The summed E-state index contributed by atoms with van der Waals surface area (Å²) in [4.78, 5) is 19.0. The number of rotatable bonds is 4. The van der Waals surface area contributed by atoms with Gasteiger partial charge in [0.1, 0.15) is 16.7 Å². The molecular formula is C20H16ClFN2O. The second-order valence-corrected chi connectivity index (χ2v) is 6.63. The van der Waals surface area contributed by atoms with Crippen LogP contribution in [0.2, 0.25) is 5.15 Å². The third-order valence-corrected chi connectivity index (χ3v) is 4.75. The van der Waals surface area contributed by atoms with Crippen LogP contribution in [0, 0.1) is 5.82 Å². The molecule has 25 heavy (non-hydrogen) atoms. The highest BCUT2D eigenvalue weighted by Crippen LogP contribution is 2.31. The van der Waals surface area contributed by atoms with Crippen molar-refractivity contribution < 1.29 is 9.18 Å². The normalized spacial score (nSPS) is 13.8. The summed E-state index contributed by atoms with van der Waals surface area (Å²) in [6, 6.07) is 16.0. The largest absolute Gasteiger partial charge is 0.330 e. The highest BCUT2D eigenvalue weighted by molar-refractivity contribution is 6.34. The summed E-state index contributed by atoms with van der Waals surface area (Å²) in [5.74, 6) is -0.510. The number of halogens is 2. The van der Waals surface area contributed by atoms with Crippen LogP contribution in [0.3, 0.4) is 0 Å². The van der Waals surface area contributed by atoms with Gasteiger partial charge >= 0.3 is 0 Å². The standard InChI is InChI=1S/C20H16ClFN2O/c21-19-16-7-3-1-5-13(16)11-18(23-19)20(25)24(15-9-10-15)12-14-6-2-4-8-17(14)22/h1-8,11,15H,9-10,12H2. The van der Waals surface area contributed by atoms with E-state index in [4.69, 9.17) is 11.6 Å². The first-order chi connectivity index (χ1) is 12.1. The van der Waals surface area contributed by atoms with Crippen molar-refractivity contribution in [3.63, 3.8) is 0 Å². The molecule has 0 spiro atoms. The Morgan fingerprint density at radius 2 is 1.88 bits per heavy atom. The van der Waals surface area contributed by atoms with Gasteiger partial charge in [0.25, 0.3) is 5.91 Å². The molecule has 1 saturated carbocycles. The molecule has 0 atom stereocenters. The highest BCUT2D eigenvalue weighted by atomic mass is 35.5. The van der Waals surface area contributed by atoms with Crippen molar-refractivity contribution in [3.05, 3.63) is 76.8 Å². The molecular weight excluding hydrogens is 339 g/mol. The molecule has 3 nitrogen and oxygen atoms in total. The number of fused-ring (bicyclic) bond motifs is 1. The van der Waals surface area contributed by atoms with Gasteiger partial charge in [-0.25, -0.2) is 9.37 Å². The summed E-state index contributed by atoms with van der Waals surface area (Å²) >= 11 is 6.25. The van der Waals surface area contributed by atoms with Crippen molar-refractivity contribution in [3.8, 4) is 0 Å². The third-order valence-electron chi connectivity index (χ3n) is 4.46. The van der Waals surface area contributed by atoms with E-state index in [1.807, 2.05) is 24.3 Å². The molecule has 1 aliphatic carbocycles. The molecule has 1 aromatic heterocycles.